The Kier molecular flexibility index (Phi) is 6.83. The number of likely N-dealkylation sites (tertiary alicyclic amines) is 1. The van der Waals surface area contributed by atoms with Crippen molar-refractivity contribution in [3.05, 3.63) is 84.3 Å². The molecule has 3 fully saturated rings. The van der Waals surface area contributed by atoms with Gasteiger partial charge in [-0.2, -0.15) is 0 Å². The molecular formula is C33H34FN7O2. The molecule has 3 aliphatic rings. The molecule has 43 heavy (non-hydrogen) atoms. The summed E-state index contributed by atoms with van der Waals surface area (Å²) in [5.74, 6) is 1.07. The second-order valence-corrected chi connectivity index (χ2v) is 11.7. The minimum Gasteiger partial charge on any atom is -0.383 e. The van der Waals surface area contributed by atoms with E-state index >= 15 is 4.39 Å². The van der Waals surface area contributed by atoms with Crippen molar-refractivity contribution in [1.29, 1.82) is 0 Å². The van der Waals surface area contributed by atoms with E-state index in [2.05, 4.69) is 29.8 Å². The molecular weight excluding hydrogens is 545 g/mol. The van der Waals surface area contributed by atoms with Crippen LogP contribution < -0.4 is 5.73 Å². The van der Waals surface area contributed by atoms with Crippen molar-refractivity contribution < 1.29 is 14.0 Å². The summed E-state index contributed by atoms with van der Waals surface area (Å²) in [6.45, 7) is 6.99. The van der Waals surface area contributed by atoms with Gasteiger partial charge in [0, 0.05) is 57.1 Å². The van der Waals surface area contributed by atoms with Crippen molar-refractivity contribution in [2.75, 3.05) is 45.0 Å². The van der Waals surface area contributed by atoms with E-state index in [1.54, 1.807) is 23.2 Å². The first-order valence-electron chi connectivity index (χ1n) is 14.9. The third-order valence-electron chi connectivity index (χ3n) is 8.98. The lowest BCUT2D eigenvalue weighted by molar-refractivity contribution is -0.127. The van der Waals surface area contributed by atoms with Crippen LogP contribution in [0.25, 0.3) is 28.1 Å². The van der Waals surface area contributed by atoms with Crippen LogP contribution >= 0.6 is 0 Å². The summed E-state index contributed by atoms with van der Waals surface area (Å²) in [5, 5.41) is 0. The molecule has 2 saturated heterocycles. The van der Waals surface area contributed by atoms with Crippen molar-refractivity contribution in [1.82, 2.24) is 29.2 Å². The summed E-state index contributed by atoms with van der Waals surface area (Å²) in [6, 6.07) is 15.6. The third kappa shape index (κ3) is 5.00. The lowest BCUT2D eigenvalue weighted by atomic mass is 9.98. The molecule has 9 nitrogen and oxygen atoms in total. The summed E-state index contributed by atoms with van der Waals surface area (Å²) in [4.78, 5) is 39.6. The number of nitrogens with zero attached hydrogens (tertiary/aromatic N) is 6. The van der Waals surface area contributed by atoms with E-state index in [1.165, 1.54) is 6.08 Å². The molecule has 0 spiro atoms. The van der Waals surface area contributed by atoms with Gasteiger partial charge in [0.15, 0.2) is 5.82 Å². The number of nitrogens with two attached hydrogens (primary N) is 1. The summed E-state index contributed by atoms with van der Waals surface area (Å²) in [7, 11) is 0. The number of benzene rings is 2. The number of amides is 3. The van der Waals surface area contributed by atoms with Crippen molar-refractivity contribution in [3.8, 4) is 17.1 Å². The van der Waals surface area contributed by atoms with Crippen LogP contribution in [0, 0.1) is 5.82 Å². The van der Waals surface area contributed by atoms with Gasteiger partial charge in [-0.3, -0.25) is 9.36 Å². The van der Waals surface area contributed by atoms with E-state index < -0.39 is 0 Å². The van der Waals surface area contributed by atoms with Crippen LogP contribution in [0.4, 0.5) is 15.0 Å². The molecule has 0 bridgehead atoms. The number of hydrogen-bond donors (Lipinski definition) is 1. The van der Waals surface area contributed by atoms with E-state index in [-0.39, 0.29) is 23.7 Å². The lowest BCUT2D eigenvalue weighted by Crippen LogP contribution is -2.53. The number of anilines is 1. The Labute approximate surface area is 249 Å². The van der Waals surface area contributed by atoms with Gasteiger partial charge >= 0.3 is 6.03 Å². The Morgan fingerprint density at radius 3 is 2.35 bits per heavy atom. The smallest absolute Gasteiger partial charge is 0.320 e. The molecule has 7 rings (SSSR count). The van der Waals surface area contributed by atoms with Crippen molar-refractivity contribution in [2.24, 2.45) is 0 Å². The number of nitrogen functional groups attached to an aromatic ring is 1. The molecule has 2 aromatic heterocycles. The maximum atomic E-state index is 15.4. The highest BCUT2D eigenvalue weighted by Gasteiger charge is 2.32. The highest BCUT2D eigenvalue weighted by atomic mass is 19.1. The maximum Gasteiger partial charge on any atom is 0.320 e. The van der Waals surface area contributed by atoms with Gasteiger partial charge in [0.1, 0.15) is 17.2 Å². The van der Waals surface area contributed by atoms with Gasteiger partial charge in [0.2, 0.25) is 5.91 Å². The zero-order valence-electron chi connectivity index (χ0n) is 24.0. The summed E-state index contributed by atoms with van der Waals surface area (Å²) in [6.07, 6.45) is 5.97. The molecule has 10 heteroatoms. The molecule has 3 amide bonds. The van der Waals surface area contributed by atoms with Crippen LogP contribution in [0.2, 0.25) is 0 Å². The first kappa shape index (κ1) is 27.1. The molecule has 1 saturated carbocycles. The lowest BCUT2D eigenvalue weighted by Gasteiger charge is -2.36. The van der Waals surface area contributed by atoms with E-state index in [0.717, 1.165) is 36.1 Å². The quantitative estimate of drug-likeness (QED) is 0.338. The molecule has 4 aromatic rings. The largest absolute Gasteiger partial charge is 0.383 e. The van der Waals surface area contributed by atoms with E-state index in [9.17, 15) is 9.59 Å². The van der Waals surface area contributed by atoms with Crippen molar-refractivity contribution in [2.45, 2.75) is 31.1 Å². The molecule has 1 atom stereocenters. The van der Waals surface area contributed by atoms with Crippen LogP contribution in [-0.4, -0.2) is 80.4 Å². The van der Waals surface area contributed by atoms with Gasteiger partial charge in [-0.1, -0.05) is 18.7 Å². The molecule has 2 N–H and O–H groups in total. The average molecular weight is 580 g/mol. The maximum absolute atomic E-state index is 15.4. The fourth-order valence-electron chi connectivity index (χ4n) is 6.41. The Bertz CT molecular complexity index is 1720. The zero-order chi connectivity index (χ0) is 29.7. The summed E-state index contributed by atoms with van der Waals surface area (Å²) in [5.41, 5.74) is 10.9. The van der Waals surface area contributed by atoms with E-state index in [0.29, 0.717) is 73.4 Å². The van der Waals surface area contributed by atoms with Gasteiger partial charge in [-0.25, -0.2) is 19.2 Å². The zero-order valence-corrected chi connectivity index (χ0v) is 24.0. The first-order valence-corrected chi connectivity index (χ1v) is 14.9. The summed E-state index contributed by atoms with van der Waals surface area (Å²) < 4.78 is 17.3. The van der Waals surface area contributed by atoms with Gasteiger partial charge in [0.05, 0.1) is 11.1 Å². The number of pyridine rings is 1. The second-order valence-electron chi connectivity index (χ2n) is 11.7. The molecule has 2 aromatic carbocycles. The standard InChI is InChI=1S/C33H34FN7O2/c1-2-29(42)38-14-16-39(17-15-38)33(43)40-13-11-23(20-40)21-7-9-25(10-8-21)41-28-19-24(22-5-6-22)18-27(34)30(28)37-32(41)26-4-3-12-36-31(26)35/h2-4,7-10,12,18-19,22-23H,1,5-6,11,13-17,20H2,(H2,35,36)/t23-/m1/s1. The van der Waals surface area contributed by atoms with Crippen molar-refractivity contribution in [3.63, 3.8) is 0 Å². The number of carbonyl (C=O) groups excluding carboxylic acids is 2. The minimum atomic E-state index is -0.331. The van der Waals surface area contributed by atoms with Crippen LogP contribution in [-0.2, 0) is 4.79 Å². The molecule has 220 valence electrons. The Morgan fingerprint density at radius 1 is 0.907 bits per heavy atom. The average Bonchev–Trinajstić information content (AvgIpc) is 3.64. The second kappa shape index (κ2) is 10.8. The number of rotatable bonds is 5. The van der Waals surface area contributed by atoms with Crippen LogP contribution in [0.3, 0.4) is 0 Å². The fourth-order valence-corrected chi connectivity index (χ4v) is 6.41. The van der Waals surface area contributed by atoms with E-state index in [4.69, 9.17) is 10.7 Å². The summed E-state index contributed by atoms with van der Waals surface area (Å²) >= 11 is 0. The number of piperazine rings is 1. The van der Waals surface area contributed by atoms with Gasteiger partial charge in [-0.05, 0) is 78.8 Å². The number of hydrogen-bond acceptors (Lipinski definition) is 5. The number of carbonyl (C=O) groups is 2. The van der Waals surface area contributed by atoms with Gasteiger partial charge in [-0.15, -0.1) is 0 Å². The van der Waals surface area contributed by atoms with Crippen LogP contribution in [0.15, 0.2) is 67.4 Å². The highest BCUT2D eigenvalue weighted by Crippen LogP contribution is 2.42. The Hall–Kier alpha value is -4.73. The molecule has 2 aliphatic heterocycles. The van der Waals surface area contributed by atoms with Gasteiger partial charge < -0.3 is 20.4 Å². The normalized spacial score (nSPS) is 18.8. The molecule has 0 unspecified atom stereocenters. The molecule has 1 aliphatic carbocycles. The van der Waals surface area contributed by atoms with Gasteiger partial charge in [0.25, 0.3) is 0 Å². The predicted octanol–water partition coefficient (Wildman–Crippen LogP) is 4.93. The van der Waals surface area contributed by atoms with E-state index in [1.807, 2.05) is 32.6 Å². The number of imidazole rings is 1. The predicted molar refractivity (Wildman–Crippen MR) is 163 cm³/mol. The monoisotopic (exact) mass is 579 g/mol. The first-order chi connectivity index (χ1) is 20.9. The Morgan fingerprint density at radius 2 is 1.65 bits per heavy atom. The highest BCUT2D eigenvalue weighted by molar-refractivity contribution is 5.87. The number of urea groups is 1. The molecule has 0 radical (unpaired) electrons. The fraction of sp³-hybridized carbons (Fsp3) is 0.333. The topological polar surface area (TPSA) is 101 Å². The minimum absolute atomic E-state index is 0.0295. The number of halogens is 1. The van der Waals surface area contributed by atoms with Crippen LogP contribution in [0.5, 0.6) is 0 Å². The third-order valence-corrected chi connectivity index (χ3v) is 8.98. The SMILES string of the molecule is C=CC(=O)N1CCN(C(=O)N2CC[C@@H](c3ccc(-n4c(-c5cccnc5N)nc5c(F)cc(C6CC6)cc54)cc3)C2)CC1. The Balaban J connectivity index is 1.14. The number of fused-ring (bicyclic) bond motifs is 1. The van der Waals surface area contributed by atoms with Crippen molar-refractivity contribution >= 4 is 28.8 Å². The molecule has 4 heterocycles. The number of aromatic nitrogens is 3. The van der Waals surface area contributed by atoms with Crippen LogP contribution in [0.1, 0.15) is 42.2 Å².